The molecule has 1 aromatic rings. The monoisotopic (exact) mass is 263 g/mol. The highest BCUT2D eigenvalue weighted by atomic mass is 16.3. The minimum absolute atomic E-state index is 0.212. The molecule has 1 rings (SSSR count). The van der Waals surface area contributed by atoms with E-state index in [2.05, 4.69) is 52.9 Å². The van der Waals surface area contributed by atoms with Crippen molar-refractivity contribution >= 4 is 0 Å². The van der Waals surface area contributed by atoms with Crippen LogP contribution in [-0.4, -0.2) is 18.8 Å². The Morgan fingerprint density at radius 1 is 1.05 bits per heavy atom. The lowest BCUT2D eigenvalue weighted by Gasteiger charge is -2.32. The van der Waals surface area contributed by atoms with E-state index in [0.29, 0.717) is 5.92 Å². The lowest BCUT2D eigenvalue weighted by atomic mass is 9.80. The molecule has 0 fully saturated rings. The van der Waals surface area contributed by atoms with E-state index in [1.165, 1.54) is 27.8 Å². The molecule has 0 heterocycles. The van der Waals surface area contributed by atoms with Crippen LogP contribution in [0.1, 0.15) is 47.7 Å². The van der Waals surface area contributed by atoms with Crippen molar-refractivity contribution in [2.24, 2.45) is 11.8 Å². The number of aliphatic hydroxyl groups is 1. The highest BCUT2D eigenvalue weighted by molar-refractivity contribution is 5.46. The number of aryl methyl sites for hydroxylation is 2. The van der Waals surface area contributed by atoms with Gasteiger partial charge in [-0.2, -0.15) is 0 Å². The quantitative estimate of drug-likeness (QED) is 0.853. The van der Waals surface area contributed by atoms with Crippen LogP contribution in [0.4, 0.5) is 0 Å². The predicted molar refractivity (Wildman–Crippen MR) is 82.6 cm³/mol. The van der Waals surface area contributed by atoms with Crippen LogP contribution in [0.5, 0.6) is 0 Å². The van der Waals surface area contributed by atoms with Crippen molar-refractivity contribution in [1.29, 1.82) is 0 Å². The van der Waals surface area contributed by atoms with E-state index < -0.39 is 0 Å². The van der Waals surface area contributed by atoms with Gasteiger partial charge < -0.3 is 10.4 Å². The van der Waals surface area contributed by atoms with Crippen molar-refractivity contribution in [3.63, 3.8) is 0 Å². The Morgan fingerprint density at radius 2 is 1.53 bits per heavy atom. The molecular formula is C17H29NO. The standard InChI is InChI=1S/C17H29NO/c1-10(2)15(9-19)17(18-7)16-13(5)11(3)8-12(4)14(16)6/h8,10,15,17-19H,9H2,1-7H3. The summed E-state index contributed by atoms with van der Waals surface area (Å²) in [5.74, 6) is 0.686. The average Bonchev–Trinajstić information content (AvgIpc) is 2.35. The fourth-order valence-corrected chi connectivity index (χ4v) is 2.99. The Bertz CT molecular complexity index is 411. The van der Waals surface area contributed by atoms with Gasteiger partial charge in [-0.15, -0.1) is 0 Å². The molecule has 1 aromatic carbocycles. The maximum Gasteiger partial charge on any atom is 0.0479 e. The van der Waals surface area contributed by atoms with Gasteiger partial charge in [-0.3, -0.25) is 0 Å². The summed E-state index contributed by atoms with van der Waals surface area (Å²) in [5, 5.41) is 13.2. The number of hydrogen-bond donors (Lipinski definition) is 2. The number of rotatable bonds is 5. The van der Waals surface area contributed by atoms with E-state index in [4.69, 9.17) is 0 Å². The van der Waals surface area contributed by atoms with Crippen molar-refractivity contribution < 1.29 is 5.11 Å². The third kappa shape index (κ3) is 3.18. The Kier molecular flexibility index (Phi) is 5.57. The van der Waals surface area contributed by atoms with Gasteiger partial charge in [-0.25, -0.2) is 0 Å². The molecule has 0 radical (unpaired) electrons. The molecule has 108 valence electrons. The van der Waals surface area contributed by atoms with Crippen molar-refractivity contribution in [2.45, 2.75) is 47.6 Å². The molecule has 2 heteroatoms. The fraction of sp³-hybridized carbons (Fsp3) is 0.647. The fourth-order valence-electron chi connectivity index (χ4n) is 2.99. The third-order valence-electron chi connectivity index (χ3n) is 4.54. The van der Waals surface area contributed by atoms with E-state index in [1.54, 1.807) is 0 Å². The van der Waals surface area contributed by atoms with Gasteiger partial charge in [-0.05, 0) is 68.5 Å². The number of nitrogens with one attached hydrogen (secondary N) is 1. The lowest BCUT2D eigenvalue weighted by Crippen LogP contribution is -2.32. The van der Waals surface area contributed by atoms with Crippen LogP contribution in [0.3, 0.4) is 0 Å². The molecule has 2 atom stereocenters. The van der Waals surface area contributed by atoms with Gasteiger partial charge in [0.25, 0.3) is 0 Å². The molecule has 2 N–H and O–H groups in total. The zero-order valence-electron chi connectivity index (χ0n) is 13.5. The van der Waals surface area contributed by atoms with Gasteiger partial charge in [-0.1, -0.05) is 19.9 Å². The van der Waals surface area contributed by atoms with Gasteiger partial charge in [0.15, 0.2) is 0 Å². The average molecular weight is 263 g/mol. The summed E-state index contributed by atoms with van der Waals surface area (Å²) >= 11 is 0. The first kappa shape index (κ1) is 16.2. The Morgan fingerprint density at radius 3 is 1.84 bits per heavy atom. The third-order valence-corrected chi connectivity index (χ3v) is 4.54. The van der Waals surface area contributed by atoms with E-state index in [-0.39, 0.29) is 18.6 Å². The summed E-state index contributed by atoms with van der Waals surface area (Å²) < 4.78 is 0. The first-order valence-corrected chi connectivity index (χ1v) is 7.20. The molecule has 0 saturated carbocycles. The largest absolute Gasteiger partial charge is 0.396 e. The summed E-state index contributed by atoms with van der Waals surface area (Å²) in [6, 6.07) is 2.47. The lowest BCUT2D eigenvalue weighted by molar-refractivity contribution is 0.153. The molecule has 0 saturated heterocycles. The zero-order chi connectivity index (χ0) is 14.7. The molecule has 19 heavy (non-hydrogen) atoms. The van der Waals surface area contributed by atoms with E-state index in [1.807, 2.05) is 7.05 Å². The van der Waals surface area contributed by atoms with E-state index >= 15 is 0 Å². The Balaban J connectivity index is 3.40. The van der Waals surface area contributed by atoms with E-state index in [9.17, 15) is 5.11 Å². The molecule has 0 aliphatic heterocycles. The van der Waals surface area contributed by atoms with E-state index in [0.717, 1.165) is 0 Å². The first-order chi connectivity index (χ1) is 8.84. The summed E-state index contributed by atoms with van der Waals surface area (Å²) in [4.78, 5) is 0. The van der Waals surface area contributed by atoms with Gasteiger partial charge in [0.2, 0.25) is 0 Å². The van der Waals surface area contributed by atoms with Crippen molar-refractivity contribution in [1.82, 2.24) is 5.32 Å². The van der Waals surface area contributed by atoms with Crippen LogP contribution in [-0.2, 0) is 0 Å². The molecule has 0 spiro atoms. The SMILES string of the molecule is CNC(c1c(C)c(C)cc(C)c1C)C(CO)C(C)C. The summed E-state index contributed by atoms with van der Waals surface area (Å²) in [5.41, 5.74) is 6.73. The molecular weight excluding hydrogens is 234 g/mol. The first-order valence-electron chi connectivity index (χ1n) is 7.20. The Hall–Kier alpha value is -0.860. The number of hydrogen-bond acceptors (Lipinski definition) is 2. The van der Waals surface area contributed by atoms with Crippen molar-refractivity contribution in [3.05, 3.63) is 33.9 Å². The molecule has 0 aromatic heterocycles. The second-order valence-corrected chi connectivity index (χ2v) is 6.03. The zero-order valence-corrected chi connectivity index (χ0v) is 13.5. The summed E-state index contributed by atoms with van der Waals surface area (Å²) in [6.45, 7) is 13.3. The van der Waals surface area contributed by atoms with Gasteiger partial charge in [0.05, 0.1) is 0 Å². The van der Waals surface area contributed by atoms with Gasteiger partial charge >= 0.3 is 0 Å². The van der Waals surface area contributed by atoms with Gasteiger partial charge in [0, 0.05) is 18.6 Å². The van der Waals surface area contributed by atoms with Crippen LogP contribution in [0, 0.1) is 39.5 Å². The molecule has 0 aliphatic carbocycles. The normalized spacial score (nSPS) is 14.8. The van der Waals surface area contributed by atoms with Crippen LogP contribution in [0.25, 0.3) is 0 Å². The predicted octanol–water partition coefficient (Wildman–Crippen LogP) is 3.45. The summed E-state index contributed by atoms with van der Waals surface area (Å²) in [6.07, 6.45) is 0. The minimum Gasteiger partial charge on any atom is -0.396 e. The number of aliphatic hydroxyl groups excluding tert-OH is 1. The van der Waals surface area contributed by atoms with Crippen LogP contribution >= 0.6 is 0 Å². The molecule has 0 amide bonds. The summed E-state index contributed by atoms with van der Waals surface area (Å²) in [7, 11) is 1.99. The topological polar surface area (TPSA) is 32.3 Å². The second-order valence-electron chi connectivity index (χ2n) is 6.03. The highest BCUT2D eigenvalue weighted by Gasteiger charge is 2.27. The van der Waals surface area contributed by atoms with Gasteiger partial charge in [0.1, 0.15) is 0 Å². The maximum atomic E-state index is 9.74. The smallest absolute Gasteiger partial charge is 0.0479 e. The van der Waals surface area contributed by atoms with Crippen LogP contribution in [0.15, 0.2) is 6.07 Å². The van der Waals surface area contributed by atoms with Crippen LogP contribution < -0.4 is 5.32 Å². The highest BCUT2D eigenvalue weighted by Crippen LogP contribution is 2.34. The molecule has 2 nitrogen and oxygen atoms in total. The molecule has 0 bridgehead atoms. The van der Waals surface area contributed by atoms with Crippen molar-refractivity contribution in [3.8, 4) is 0 Å². The van der Waals surface area contributed by atoms with Crippen molar-refractivity contribution in [2.75, 3.05) is 13.7 Å². The Labute approximate surface area is 118 Å². The molecule has 0 aliphatic rings. The maximum absolute atomic E-state index is 9.74. The van der Waals surface area contributed by atoms with Crippen LogP contribution in [0.2, 0.25) is 0 Å². The minimum atomic E-state index is 0.212. The second kappa shape index (κ2) is 6.53. The number of benzene rings is 1. The molecule has 2 unspecified atom stereocenters.